The number of piperazine rings is 1. The summed E-state index contributed by atoms with van der Waals surface area (Å²) >= 11 is 0. The molecule has 0 saturated carbocycles. The monoisotopic (exact) mass is 467 g/mol. The van der Waals surface area contributed by atoms with Crippen LogP contribution in [0.1, 0.15) is 12.5 Å². The standard InChI is InChI=1S/C23H25N5O4S/c1-17-3-9-22(10-4-17)33(31,32)28-13-11-27(12-14-28)16-19(15-24)23(30)26-21-7-5-20(6-8-21)25-18(2)29/h3-10,16H,11-14H2,1-2H3,(H,25,29)(H,26,30)/b19-16-. The number of carbonyl (C=O) groups excluding carboxylic acids is 2. The first-order chi connectivity index (χ1) is 15.7. The van der Waals surface area contributed by atoms with Crippen LogP contribution in [0.4, 0.5) is 11.4 Å². The van der Waals surface area contributed by atoms with Crippen molar-refractivity contribution in [1.82, 2.24) is 9.21 Å². The van der Waals surface area contributed by atoms with Crippen LogP contribution in [-0.2, 0) is 19.6 Å². The Morgan fingerprint density at radius 1 is 0.939 bits per heavy atom. The number of benzene rings is 2. The van der Waals surface area contributed by atoms with E-state index in [1.165, 1.54) is 17.4 Å². The number of nitriles is 1. The maximum atomic E-state index is 12.8. The van der Waals surface area contributed by atoms with Gasteiger partial charge in [0.1, 0.15) is 11.6 Å². The van der Waals surface area contributed by atoms with Gasteiger partial charge < -0.3 is 15.5 Å². The van der Waals surface area contributed by atoms with Crippen LogP contribution in [0.5, 0.6) is 0 Å². The number of amides is 2. The molecule has 172 valence electrons. The van der Waals surface area contributed by atoms with Crippen molar-refractivity contribution in [2.75, 3.05) is 36.8 Å². The summed E-state index contributed by atoms with van der Waals surface area (Å²) in [6, 6.07) is 15.1. The molecule has 0 aromatic heterocycles. The Labute approximate surface area is 193 Å². The van der Waals surface area contributed by atoms with Crippen molar-refractivity contribution < 1.29 is 18.0 Å². The zero-order valence-corrected chi connectivity index (χ0v) is 19.2. The highest BCUT2D eigenvalue weighted by molar-refractivity contribution is 7.89. The van der Waals surface area contributed by atoms with Crippen molar-refractivity contribution >= 4 is 33.2 Å². The molecule has 0 radical (unpaired) electrons. The van der Waals surface area contributed by atoms with E-state index >= 15 is 0 Å². The zero-order valence-electron chi connectivity index (χ0n) is 18.4. The summed E-state index contributed by atoms with van der Waals surface area (Å²) in [4.78, 5) is 25.6. The minimum atomic E-state index is -3.59. The van der Waals surface area contributed by atoms with Gasteiger partial charge in [-0.2, -0.15) is 9.57 Å². The first-order valence-electron chi connectivity index (χ1n) is 10.3. The number of aryl methyl sites for hydroxylation is 1. The van der Waals surface area contributed by atoms with E-state index in [2.05, 4.69) is 10.6 Å². The predicted molar refractivity (Wildman–Crippen MR) is 125 cm³/mol. The van der Waals surface area contributed by atoms with Gasteiger partial charge in [0, 0.05) is 50.7 Å². The van der Waals surface area contributed by atoms with Crippen LogP contribution in [0.3, 0.4) is 0 Å². The predicted octanol–water partition coefficient (Wildman–Crippen LogP) is 2.31. The van der Waals surface area contributed by atoms with Crippen LogP contribution in [-0.4, -0.2) is 55.6 Å². The molecule has 2 amide bonds. The molecule has 3 rings (SSSR count). The zero-order chi connectivity index (χ0) is 24.0. The van der Waals surface area contributed by atoms with Crippen LogP contribution >= 0.6 is 0 Å². The lowest BCUT2D eigenvalue weighted by Gasteiger charge is -2.33. The van der Waals surface area contributed by atoms with Gasteiger partial charge in [-0.1, -0.05) is 17.7 Å². The summed E-state index contributed by atoms with van der Waals surface area (Å²) < 4.78 is 27.1. The largest absolute Gasteiger partial charge is 0.373 e. The molecule has 0 spiro atoms. The average molecular weight is 468 g/mol. The van der Waals surface area contributed by atoms with E-state index in [9.17, 15) is 23.3 Å². The van der Waals surface area contributed by atoms with Gasteiger partial charge in [0.2, 0.25) is 15.9 Å². The van der Waals surface area contributed by atoms with Gasteiger partial charge in [0.05, 0.1) is 4.90 Å². The molecule has 0 atom stereocenters. The van der Waals surface area contributed by atoms with E-state index in [4.69, 9.17) is 0 Å². The van der Waals surface area contributed by atoms with Crippen LogP contribution in [0.25, 0.3) is 0 Å². The fourth-order valence-corrected chi connectivity index (χ4v) is 4.71. The molecule has 0 unspecified atom stereocenters. The Balaban J connectivity index is 1.61. The highest BCUT2D eigenvalue weighted by atomic mass is 32.2. The number of rotatable bonds is 6. The van der Waals surface area contributed by atoms with E-state index in [0.717, 1.165) is 5.56 Å². The maximum absolute atomic E-state index is 12.8. The summed E-state index contributed by atoms with van der Waals surface area (Å²) in [6.07, 6.45) is 1.46. The first kappa shape index (κ1) is 24.0. The molecule has 33 heavy (non-hydrogen) atoms. The Morgan fingerprint density at radius 2 is 1.48 bits per heavy atom. The van der Waals surface area contributed by atoms with Crippen LogP contribution in [0, 0.1) is 18.3 Å². The molecule has 0 bridgehead atoms. The van der Waals surface area contributed by atoms with Crippen molar-refractivity contribution in [3.05, 3.63) is 65.9 Å². The van der Waals surface area contributed by atoms with Gasteiger partial charge in [0.15, 0.2) is 0 Å². The van der Waals surface area contributed by atoms with Crippen molar-refractivity contribution in [2.24, 2.45) is 0 Å². The summed E-state index contributed by atoms with van der Waals surface area (Å²) in [7, 11) is -3.59. The van der Waals surface area contributed by atoms with Gasteiger partial charge in [-0.05, 0) is 43.3 Å². The first-order valence-corrected chi connectivity index (χ1v) is 11.7. The minimum Gasteiger partial charge on any atom is -0.373 e. The summed E-state index contributed by atoms with van der Waals surface area (Å²) in [5.74, 6) is -0.771. The van der Waals surface area contributed by atoms with E-state index in [-0.39, 0.29) is 29.5 Å². The smallest absolute Gasteiger partial charge is 0.267 e. The Morgan fingerprint density at radius 3 is 2.00 bits per heavy atom. The van der Waals surface area contributed by atoms with Gasteiger partial charge >= 0.3 is 0 Å². The minimum absolute atomic E-state index is 0.0872. The van der Waals surface area contributed by atoms with Crippen molar-refractivity contribution in [2.45, 2.75) is 18.7 Å². The van der Waals surface area contributed by atoms with Gasteiger partial charge in [0.25, 0.3) is 5.91 Å². The molecule has 1 fully saturated rings. The summed E-state index contributed by atoms with van der Waals surface area (Å²) in [6.45, 7) is 4.50. The van der Waals surface area contributed by atoms with Crippen LogP contribution in [0.2, 0.25) is 0 Å². The highest BCUT2D eigenvalue weighted by Crippen LogP contribution is 2.19. The summed E-state index contributed by atoms with van der Waals surface area (Å²) in [5.41, 5.74) is 1.96. The molecule has 0 aliphatic carbocycles. The number of hydrogen-bond donors (Lipinski definition) is 2. The van der Waals surface area contributed by atoms with E-state index < -0.39 is 15.9 Å². The number of hydrogen-bond acceptors (Lipinski definition) is 6. The van der Waals surface area contributed by atoms with Crippen molar-refractivity contribution in [3.8, 4) is 6.07 Å². The molecule has 2 aromatic rings. The lowest BCUT2D eigenvalue weighted by molar-refractivity contribution is -0.114. The average Bonchev–Trinajstić information content (AvgIpc) is 2.79. The molecule has 2 aromatic carbocycles. The quantitative estimate of drug-likeness (QED) is 0.497. The van der Waals surface area contributed by atoms with Gasteiger partial charge in [-0.15, -0.1) is 0 Å². The summed E-state index contributed by atoms with van der Waals surface area (Å²) in [5, 5.41) is 14.7. The van der Waals surface area contributed by atoms with E-state index in [0.29, 0.717) is 24.5 Å². The maximum Gasteiger partial charge on any atom is 0.267 e. The lowest BCUT2D eigenvalue weighted by atomic mass is 10.2. The molecule has 1 saturated heterocycles. The molecule has 2 N–H and O–H groups in total. The second-order valence-corrected chi connectivity index (χ2v) is 9.56. The molecule has 1 aliphatic rings. The molecule has 1 aliphatic heterocycles. The SMILES string of the molecule is CC(=O)Nc1ccc(NC(=O)/C(C#N)=C\N2CCN(S(=O)(=O)c3ccc(C)cc3)CC2)cc1. The Bertz CT molecular complexity index is 1190. The fourth-order valence-electron chi connectivity index (χ4n) is 3.29. The fraction of sp³-hybridized carbons (Fsp3) is 0.261. The number of carbonyl (C=O) groups is 2. The van der Waals surface area contributed by atoms with Gasteiger partial charge in [-0.3, -0.25) is 9.59 Å². The number of anilines is 2. The lowest BCUT2D eigenvalue weighted by Crippen LogP contribution is -2.46. The van der Waals surface area contributed by atoms with E-state index in [1.807, 2.05) is 13.0 Å². The topological polar surface area (TPSA) is 123 Å². The normalized spacial score (nSPS) is 14.9. The number of sulfonamides is 1. The molecule has 10 heteroatoms. The molecular formula is C23H25N5O4S. The third-order valence-corrected chi connectivity index (χ3v) is 6.98. The van der Waals surface area contributed by atoms with Crippen molar-refractivity contribution in [1.29, 1.82) is 5.26 Å². The molecule has 1 heterocycles. The number of nitrogens with one attached hydrogen (secondary N) is 2. The molecular weight excluding hydrogens is 442 g/mol. The molecule has 9 nitrogen and oxygen atoms in total. The van der Waals surface area contributed by atoms with E-state index in [1.54, 1.807) is 53.4 Å². The Kier molecular flexibility index (Phi) is 7.48. The second kappa shape index (κ2) is 10.3. The highest BCUT2D eigenvalue weighted by Gasteiger charge is 2.28. The van der Waals surface area contributed by atoms with Crippen LogP contribution in [0.15, 0.2) is 65.2 Å². The Hall–Kier alpha value is -3.68. The van der Waals surface area contributed by atoms with Gasteiger partial charge in [-0.25, -0.2) is 8.42 Å². The van der Waals surface area contributed by atoms with Crippen molar-refractivity contribution in [3.63, 3.8) is 0 Å². The second-order valence-electron chi connectivity index (χ2n) is 7.62. The number of nitrogens with zero attached hydrogens (tertiary/aromatic N) is 3. The third kappa shape index (κ3) is 6.19. The van der Waals surface area contributed by atoms with Crippen LogP contribution < -0.4 is 10.6 Å². The third-order valence-electron chi connectivity index (χ3n) is 5.07.